The molecule has 5 nitrogen and oxygen atoms in total. The Morgan fingerprint density at radius 1 is 1.30 bits per heavy atom. The Bertz CT molecular complexity index is 670. The number of ether oxygens (including phenoxy) is 1. The molecular weight excluding hydrogens is 319 g/mol. The monoisotopic (exact) mass is 336 g/mol. The molecule has 0 atom stereocenters. The van der Waals surface area contributed by atoms with E-state index in [2.05, 4.69) is 10.3 Å². The van der Waals surface area contributed by atoms with Crippen molar-refractivity contribution in [3.63, 3.8) is 0 Å². The molecule has 122 valence electrons. The highest BCUT2D eigenvalue weighted by Gasteiger charge is 2.10. The summed E-state index contributed by atoms with van der Waals surface area (Å²) in [5.74, 6) is -0.812. The lowest BCUT2D eigenvalue weighted by atomic mass is 10.1. The SMILES string of the molecule is CCOC(=O)Cc1csc(NC(=O)CCc2ccc(F)cc2)n1. The van der Waals surface area contributed by atoms with Crippen LogP contribution in [0.3, 0.4) is 0 Å². The van der Waals surface area contributed by atoms with E-state index < -0.39 is 0 Å². The molecule has 0 bridgehead atoms. The van der Waals surface area contributed by atoms with Gasteiger partial charge in [-0.05, 0) is 31.0 Å². The number of amides is 1. The van der Waals surface area contributed by atoms with Crippen molar-refractivity contribution in [3.05, 3.63) is 46.7 Å². The van der Waals surface area contributed by atoms with Crippen LogP contribution >= 0.6 is 11.3 Å². The van der Waals surface area contributed by atoms with E-state index in [9.17, 15) is 14.0 Å². The molecule has 7 heteroatoms. The molecule has 2 rings (SSSR count). The van der Waals surface area contributed by atoms with Crippen LogP contribution in [0.25, 0.3) is 0 Å². The standard InChI is InChI=1S/C16H17FN2O3S/c1-2-22-15(21)9-13-10-23-16(18-13)19-14(20)8-5-11-3-6-12(17)7-4-11/h3-4,6-7,10H,2,5,8-9H2,1H3,(H,18,19,20). The van der Waals surface area contributed by atoms with E-state index >= 15 is 0 Å². The summed E-state index contributed by atoms with van der Waals surface area (Å²) in [6.45, 7) is 2.07. The van der Waals surface area contributed by atoms with Crippen LogP contribution in [0.1, 0.15) is 24.6 Å². The zero-order chi connectivity index (χ0) is 16.7. The van der Waals surface area contributed by atoms with Gasteiger partial charge in [-0.3, -0.25) is 9.59 Å². The van der Waals surface area contributed by atoms with Gasteiger partial charge >= 0.3 is 5.97 Å². The summed E-state index contributed by atoms with van der Waals surface area (Å²) < 4.78 is 17.6. The lowest BCUT2D eigenvalue weighted by molar-refractivity contribution is -0.142. The van der Waals surface area contributed by atoms with E-state index in [1.165, 1.54) is 23.5 Å². The summed E-state index contributed by atoms with van der Waals surface area (Å²) in [6.07, 6.45) is 0.890. The zero-order valence-corrected chi connectivity index (χ0v) is 13.5. The molecule has 2 aromatic rings. The maximum atomic E-state index is 12.8. The fraction of sp³-hybridized carbons (Fsp3) is 0.312. The molecule has 1 amide bonds. The number of hydrogen-bond donors (Lipinski definition) is 1. The molecule has 0 radical (unpaired) electrons. The van der Waals surface area contributed by atoms with Gasteiger partial charge in [-0.25, -0.2) is 9.37 Å². The third kappa shape index (κ3) is 5.78. The third-order valence-corrected chi connectivity index (χ3v) is 3.79. The smallest absolute Gasteiger partial charge is 0.311 e. The predicted molar refractivity (Wildman–Crippen MR) is 85.8 cm³/mol. The Hall–Kier alpha value is -2.28. The van der Waals surface area contributed by atoms with Crippen LogP contribution < -0.4 is 5.32 Å². The van der Waals surface area contributed by atoms with Gasteiger partial charge in [-0.1, -0.05) is 12.1 Å². The second kappa shape index (κ2) is 8.38. The van der Waals surface area contributed by atoms with Crippen molar-refractivity contribution in [2.75, 3.05) is 11.9 Å². The highest BCUT2D eigenvalue weighted by Crippen LogP contribution is 2.16. The van der Waals surface area contributed by atoms with Gasteiger partial charge in [0.1, 0.15) is 5.82 Å². The van der Waals surface area contributed by atoms with E-state index in [1.807, 2.05) is 0 Å². The second-order valence-electron chi connectivity index (χ2n) is 4.80. The molecule has 0 unspecified atom stereocenters. The first kappa shape index (κ1) is 17.1. The summed E-state index contributed by atoms with van der Waals surface area (Å²) in [6, 6.07) is 6.05. The minimum Gasteiger partial charge on any atom is -0.466 e. The van der Waals surface area contributed by atoms with E-state index in [1.54, 1.807) is 24.4 Å². The fourth-order valence-electron chi connectivity index (χ4n) is 1.90. The number of halogens is 1. The summed E-state index contributed by atoms with van der Waals surface area (Å²) in [5, 5.41) is 4.86. The predicted octanol–water partition coefficient (Wildman–Crippen LogP) is 2.96. The van der Waals surface area contributed by atoms with Crippen molar-refractivity contribution < 1.29 is 18.7 Å². The fourth-order valence-corrected chi connectivity index (χ4v) is 2.62. The number of aryl methyl sites for hydroxylation is 1. The van der Waals surface area contributed by atoms with Crippen LogP contribution in [-0.4, -0.2) is 23.5 Å². The molecule has 0 aliphatic heterocycles. The van der Waals surface area contributed by atoms with Crippen LogP contribution in [0.2, 0.25) is 0 Å². The Morgan fingerprint density at radius 2 is 2.04 bits per heavy atom. The molecule has 1 heterocycles. The maximum absolute atomic E-state index is 12.8. The Kier molecular flexibility index (Phi) is 6.22. The van der Waals surface area contributed by atoms with Gasteiger partial charge in [0, 0.05) is 11.8 Å². The number of carbonyl (C=O) groups excluding carboxylic acids is 2. The number of carbonyl (C=O) groups is 2. The molecule has 0 fully saturated rings. The number of aromatic nitrogens is 1. The summed E-state index contributed by atoms with van der Waals surface area (Å²) in [5.41, 5.74) is 1.46. The zero-order valence-electron chi connectivity index (χ0n) is 12.7. The van der Waals surface area contributed by atoms with Crippen LogP contribution in [0.15, 0.2) is 29.6 Å². The average Bonchev–Trinajstić information content (AvgIpc) is 2.94. The van der Waals surface area contributed by atoms with Crippen LogP contribution in [0.4, 0.5) is 9.52 Å². The lowest BCUT2D eigenvalue weighted by Crippen LogP contribution is -2.12. The number of thiazole rings is 1. The van der Waals surface area contributed by atoms with E-state index in [4.69, 9.17) is 4.74 Å². The van der Waals surface area contributed by atoms with Crippen molar-refractivity contribution >= 4 is 28.3 Å². The Balaban J connectivity index is 1.80. The number of esters is 1. The number of hydrogen-bond acceptors (Lipinski definition) is 5. The van der Waals surface area contributed by atoms with Crippen molar-refractivity contribution in [3.8, 4) is 0 Å². The number of nitrogens with zero attached hydrogens (tertiary/aromatic N) is 1. The summed E-state index contributed by atoms with van der Waals surface area (Å²) in [7, 11) is 0. The van der Waals surface area contributed by atoms with E-state index in [0.717, 1.165) is 5.56 Å². The van der Waals surface area contributed by atoms with Crippen LogP contribution in [-0.2, 0) is 27.2 Å². The molecule has 1 aromatic carbocycles. The summed E-state index contributed by atoms with van der Waals surface area (Å²) in [4.78, 5) is 27.4. The highest BCUT2D eigenvalue weighted by atomic mass is 32.1. The normalized spacial score (nSPS) is 10.3. The number of benzene rings is 1. The van der Waals surface area contributed by atoms with Crippen molar-refractivity contribution in [2.24, 2.45) is 0 Å². The van der Waals surface area contributed by atoms with Crippen LogP contribution in [0.5, 0.6) is 0 Å². The first-order chi connectivity index (χ1) is 11.1. The molecule has 1 N–H and O–H groups in total. The third-order valence-electron chi connectivity index (χ3n) is 2.98. The van der Waals surface area contributed by atoms with Gasteiger partial charge in [-0.2, -0.15) is 0 Å². The van der Waals surface area contributed by atoms with Gasteiger partial charge in [0.2, 0.25) is 5.91 Å². The molecule has 0 saturated heterocycles. The molecule has 0 aliphatic carbocycles. The molecule has 0 aliphatic rings. The first-order valence-electron chi connectivity index (χ1n) is 7.21. The Labute approximate surface area is 137 Å². The minimum atomic E-state index is -0.341. The van der Waals surface area contributed by atoms with Gasteiger partial charge < -0.3 is 10.1 Å². The van der Waals surface area contributed by atoms with Crippen molar-refractivity contribution in [1.29, 1.82) is 0 Å². The second-order valence-corrected chi connectivity index (χ2v) is 5.66. The molecule has 1 aromatic heterocycles. The first-order valence-corrected chi connectivity index (χ1v) is 8.09. The Morgan fingerprint density at radius 3 is 2.74 bits per heavy atom. The largest absolute Gasteiger partial charge is 0.466 e. The van der Waals surface area contributed by atoms with E-state index in [-0.39, 0.29) is 30.5 Å². The average molecular weight is 336 g/mol. The number of rotatable bonds is 7. The van der Waals surface area contributed by atoms with Gasteiger partial charge in [0.25, 0.3) is 0 Å². The lowest BCUT2D eigenvalue weighted by Gasteiger charge is -2.02. The van der Waals surface area contributed by atoms with Crippen molar-refractivity contribution in [1.82, 2.24) is 4.98 Å². The summed E-state index contributed by atoms with van der Waals surface area (Å²) >= 11 is 1.26. The quantitative estimate of drug-likeness (QED) is 0.789. The van der Waals surface area contributed by atoms with Gasteiger partial charge in [0.05, 0.1) is 18.7 Å². The maximum Gasteiger partial charge on any atom is 0.311 e. The van der Waals surface area contributed by atoms with Crippen molar-refractivity contribution in [2.45, 2.75) is 26.2 Å². The minimum absolute atomic E-state index is 0.0930. The molecule has 0 saturated carbocycles. The highest BCUT2D eigenvalue weighted by molar-refractivity contribution is 7.13. The number of anilines is 1. The number of nitrogens with one attached hydrogen (secondary N) is 1. The molecular formula is C16H17FN2O3S. The molecule has 0 spiro atoms. The van der Waals surface area contributed by atoms with Gasteiger partial charge in [-0.15, -0.1) is 11.3 Å². The van der Waals surface area contributed by atoms with Crippen LogP contribution in [0, 0.1) is 5.82 Å². The molecule has 23 heavy (non-hydrogen) atoms. The topological polar surface area (TPSA) is 68.3 Å². The van der Waals surface area contributed by atoms with E-state index in [0.29, 0.717) is 23.9 Å². The van der Waals surface area contributed by atoms with Gasteiger partial charge in [0.15, 0.2) is 5.13 Å².